The first-order valence-corrected chi connectivity index (χ1v) is 9.32. The van der Waals surface area contributed by atoms with E-state index >= 15 is 0 Å². The molecule has 0 aromatic heterocycles. The number of likely N-dealkylation sites (N-methyl/N-ethyl adjacent to an activating group) is 1. The fourth-order valence-corrected chi connectivity index (χ4v) is 3.19. The number of rotatable bonds is 8. The van der Waals surface area contributed by atoms with Gasteiger partial charge in [-0.1, -0.05) is 49.4 Å². The number of hydrogen-bond acceptors (Lipinski definition) is 5. The molecule has 6 heteroatoms. The van der Waals surface area contributed by atoms with Crippen molar-refractivity contribution >= 4 is 23.1 Å². The zero-order valence-electron chi connectivity index (χ0n) is 16.1. The minimum absolute atomic E-state index is 0.125. The van der Waals surface area contributed by atoms with Crippen LogP contribution in [0.5, 0.6) is 5.75 Å². The Morgan fingerprint density at radius 2 is 1.68 bits per heavy atom. The van der Waals surface area contributed by atoms with Gasteiger partial charge in [-0.25, -0.2) is 4.90 Å². The summed E-state index contributed by atoms with van der Waals surface area (Å²) in [5.74, 6) is -0.333. The molecule has 0 fully saturated rings. The third-order valence-corrected chi connectivity index (χ3v) is 4.51. The summed E-state index contributed by atoms with van der Waals surface area (Å²) in [4.78, 5) is 29.5. The summed E-state index contributed by atoms with van der Waals surface area (Å²) in [5.41, 5.74) is 1.68. The number of aliphatic hydroxyl groups is 1. The normalized spacial score (nSPS) is 14.0. The molecular weight excluding hydrogens is 356 g/mol. The molecule has 0 atom stereocenters. The molecule has 2 amide bonds. The summed E-state index contributed by atoms with van der Waals surface area (Å²) < 4.78 is 5.76. The Bertz CT molecular complexity index is 892. The standard InChI is InChI=1S/C22H24N2O4/c1-3-15-28-18-12-8-7-11-17(18)24-21(26)19(16-9-5-4-6-10-16)20(22(24)27)23(2)13-14-25/h4-12,25H,3,13-15H2,1-2H3. The lowest BCUT2D eigenvalue weighted by Crippen LogP contribution is -2.35. The number of nitrogens with zero attached hydrogens (tertiary/aromatic N) is 2. The molecule has 28 heavy (non-hydrogen) atoms. The topological polar surface area (TPSA) is 70.1 Å². The number of hydrogen-bond donors (Lipinski definition) is 1. The second kappa shape index (κ2) is 8.71. The molecular formula is C22H24N2O4. The summed E-state index contributed by atoms with van der Waals surface area (Å²) >= 11 is 0. The molecule has 0 unspecified atom stereocenters. The number of ether oxygens (including phenoxy) is 1. The molecule has 2 aromatic rings. The van der Waals surface area contributed by atoms with Crippen LogP contribution in [0, 0.1) is 0 Å². The van der Waals surface area contributed by atoms with Crippen molar-refractivity contribution in [1.29, 1.82) is 0 Å². The fourth-order valence-electron chi connectivity index (χ4n) is 3.19. The van der Waals surface area contributed by atoms with E-state index in [1.165, 1.54) is 0 Å². The van der Waals surface area contributed by atoms with Gasteiger partial charge in [0.2, 0.25) is 0 Å². The molecule has 6 nitrogen and oxygen atoms in total. The Labute approximate surface area is 164 Å². The lowest BCUT2D eigenvalue weighted by molar-refractivity contribution is -0.120. The van der Waals surface area contributed by atoms with E-state index < -0.39 is 11.8 Å². The van der Waals surface area contributed by atoms with Gasteiger partial charge in [-0.15, -0.1) is 0 Å². The van der Waals surface area contributed by atoms with E-state index in [0.29, 0.717) is 29.2 Å². The molecule has 0 bridgehead atoms. The Kier molecular flexibility index (Phi) is 6.11. The predicted octanol–water partition coefficient (Wildman–Crippen LogP) is 2.68. The molecule has 1 heterocycles. The number of carbonyl (C=O) groups is 2. The van der Waals surface area contributed by atoms with Crippen LogP contribution in [-0.4, -0.2) is 48.6 Å². The van der Waals surface area contributed by atoms with E-state index in [4.69, 9.17) is 4.74 Å². The minimum Gasteiger partial charge on any atom is -0.491 e. The highest BCUT2D eigenvalue weighted by Crippen LogP contribution is 2.38. The van der Waals surface area contributed by atoms with E-state index in [-0.39, 0.29) is 18.8 Å². The van der Waals surface area contributed by atoms with Gasteiger partial charge in [0.1, 0.15) is 11.4 Å². The van der Waals surface area contributed by atoms with E-state index in [9.17, 15) is 14.7 Å². The molecule has 0 spiro atoms. The monoisotopic (exact) mass is 380 g/mol. The van der Waals surface area contributed by atoms with E-state index in [1.807, 2.05) is 31.2 Å². The SMILES string of the molecule is CCCOc1ccccc1N1C(=O)C(c2ccccc2)=C(N(C)CCO)C1=O. The molecule has 1 N–H and O–H groups in total. The highest BCUT2D eigenvalue weighted by Gasteiger charge is 2.42. The molecule has 0 radical (unpaired) electrons. The summed E-state index contributed by atoms with van der Waals surface area (Å²) in [6.45, 7) is 2.60. The van der Waals surface area contributed by atoms with Gasteiger partial charge in [0, 0.05) is 13.6 Å². The molecule has 1 aliphatic rings. The number of anilines is 1. The number of imide groups is 1. The average molecular weight is 380 g/mol. The first-order valence-electron chi connectivity index (χ1n) is 9.32. The van der Waals surface area contributed by atoms with Crippen molar-refractivity contribution in [2.45, 2.75) is 13.3 Å². The van der Waals surface area contributed by atoms with Crippen LogP contribution < -0.4 is 9.64 Å². The van der Waals surface area contributed by atoms with Crippen molar-refractivity contribution in [3.05, 3.63) is 65.9 Å². The van der Waals surface area contributed by atoms with Crippen molar-refractivity contribution in [2.24, 2.45) is 0 Å². The first-order chi connectivity index (χ1) is 13.6. The molecule has 3 rings (SSSR count). The maximum Gasteiger partial charge on any atom is 0.282 e. The summed E-state index contributed by atoms with van der Waals surface area (Å²) in [7, 11) is 1.70. The third kappa shape index (κ3) is 3.64. The van der Waals surface area contributed by atoms with Gasteiger partial charge in [-0.3, -0.25) is 9.59 Å². The van der Waals surface area contributed by atoms with Crippen LogP contribution in [0.3, 0.4) is 0 Å². The second-order valence-corrected chi connectivity index (χ2v) is 6.50. The van der Waals surface area contributed by atoms with Crippen LogP contribution in [0.1, 0.15) is 18.9 Å². The Balaban J connectivity index is 2.09. The van der Waals surface area contributed by atoms with E-state index in [1.54, 1.807) is 42.3 Å². The Morgan fingerprint density at radius 1 is 1.00 bits per heavy atom. The maximum absolute atomic E-state index is 13.4. The highest BCUT2D eigenvalue weighted by atomic mass is 16.5. The van der Waals surface area contributed by atoms with E-state index in [0.717, 1.165) is 11.3 Å². The summed E-state index contributed by atoms with van der Waals surface area (Å²) in [6.07, 6.45) is 0.814. The number of benzene rings is 2. The van der Waals surface area contributed by atoms with Gasteiger partial charge in [0.25, 0.3) is 11.8 Å². The summed E-state index contributed by atoms with van der Waals surface area (Å²) in [6, 6.07) is 16.1. The number of amides is 2. The second-order valence-electron chi connectivity index (χ2n) is 6.50. The van der Waals surface area contributed by atoms with Crippen LogP contribution in [0.4, 0.5) is 5.69 Å². The van der Waals surface area contributed by atoms with Crippen molar-refractivity contribution in [3.8, 4) is 5.75 Å². The van der Waals surface area contributed by atoms with Gasteiger partial charge >= 0.3 is 0 Å². The number of aliphatic hydroxyl groups excluding tert-OH is 1. The lowest BCUT2D eigenvalue weighted by Gasteiger charge is -2.21. The predicted molar refractivity (Wildman–Crippen MR) is 108 cm³/mol. The molecule has 0 saturated heterocycles. The molecule has 1 aliphatic heterocycles. The molecule has 0 saturated carbocycles. The first kappa shape index (κ1) is 19.6. The average Bonchev–Trinajstić information content (AvgIpc) is 2.97. The fraction of sp³-hybridized carbons (Fsp3) is 0.273. The zero-order chi connectivity index (χ0) is 20.1. The smallest absolute Gasteiger partial charge is 0.282 e. The highest BCUT2D eigenvalue weighted by molar-refractivity contribution is 6.45. The number of para-hydroxylation sites is 2. The molecule has 0 aliphatic carbocycles. The van der Waals surface area contributed by atoms with Crippen molar-refractivity contribution in [2.75, 3.05) is 31.7 Å². The zero-order valence-corrected chi connectivity index (χ0v) is 16.1. The summed E-state index contributed by atoms with van der Waals surface area (Å²) in [5, 5.41) is 9.34. The largest absolute Gasteiger partial charge is 0.491 e. The van der Waals surface area contributed by atoms with Gasteiger partial charge in [-0.05, 0) is 24.1 Å². The minimum atomic E-state index is -0.424. The van der Waals surface area contributed by atoms with E-state index in [2.05, 4.69) is 0 Å². The van der Waals surface area contributed by atoms with Gasteiger partial charge in [-0.2, -0.15) is 0 Å². The quantitative estimate of drug-likeness (QED) is 0.713. The van der Waals surface area contributed by atoms with Crippen molar-refractivity contribution in [1.82, 2.24) is 4.90 Å². The van der Waals surface area contributed by atoms with Gasteiger partial charge in [0.15, 0.2) is 0 Å². The molecule has 146 valence electrons. The third-order valence-electron chi connectivity index (χ3n) is 4.51. The molecule has 2 aromatic carbocycles. The number of carbonyl (C=O) groups excluding carboxylic acids is 2. The van der Waals surface area contributed by atoms with Gasteiger partial charge < -0.3 is 14.7 Å². The van der Waals surface area contributed by atoms with Gasteiger partial charge in [0.05, 0.1) is 24.5 Å². The maximum atomic E-state index is 13.4. The van der Waals surface area contributed by atoms with Crippen LogP contribution in [0.2, 0.25) is 0 Å². The van der Waals surface area contributed by atoms with Crippen LogP contribution in [0.15, 0.2) is 60.3 Å². The Hall–Kier alpha value is -3.12. The van der Waals surface area contributed by atoms with Crippen molar-refractivity contribution in [3.63, 3.8) is 0 Å². The van der Waals surface area contributed by atoms with Crippen LogP contribution >= 0.6 is 0 Å². The Morgan fingerprint density at radius 3 is 2.36 bits per heavy atom. The van der Waals surface area contributed by atoms with Crippen LogP contribution in [-0.2, 0) is 9.59 Å². The van der Waals surface area contributed by atoms with Crippen LogP contribution in [0.25, 0.3) is 5.57 Å². The van der Waals surface area contributed by atoms with Crippen molar-refractivity contribution < 1.29 is 19.4 Å². The lowest BCUT2D eigenvalue weighted by atomic mass is 10.0.